The molecule has 3 N–H and O–H groups in total. The minimum Gasteiger partial charge on any atom is -0.399 e. The van der Waals surface area contributed by atoms with E-state index in [1.807, 2.05) is 20.8 Å². The van der Waals surface area contributed by atoms with Crippen LogP contribution in [0.4, 0.5) is 5.69 Å². The number of hydrogen-bond acceptors (Lipinski definition) is 5. The maximum absolute atomic E-state index is 13.3. The molecule has 8 heteroatoms. The van der Waals surface area contributed by atoms with Crippen molar-refractivity contribution in [1.82, 2.24) is 4.90 Å². The van der Waals surface area contributed by atoms with Crippen molar-refractivity contribution in [2.75, 3.05) is 5.73 Å². The monoisotopic (exact) mass is 416 g/mol. The minimum absolute atomic E-state index is 0.0960. The summed E-state index contributed by atoms with van der Waals surface area (Å²) in [4.78, 5) is 27.5. The third-order valence-electron chi connectivity index (χ3n) is 5.34. The first-order valence-electron chi connectivity index (χ1n) is 9.37. The lowest BCUT2D eigenvalue weighted by Gasteiger charge is -2.42. The molecule has 3 rings (SSSR count). The van der Waals surface area contributed by atoms with Crippen LogP contribution in [0.1, 0.15) is 59.9 Å². The first kappa shape index (κ1) is 21.0. The molecule has 0 aliphatic carbocycles. The molecule has 1 aliphatic rings. The summed E-state index contributed by atoms with van der Waals surface area (Å²) in [7, 11) is -4.44. The average molecular weight is 416 g/mol. The zero-order valence-electron chi connectivity index (χ0n) is 16.5. The molecule has 0 spiro atoms. The molecule has 0 radical (unpaired) electrons. The second kappa shape index (κ2) is 7.27. The SMILES string of the molecule is CCC(CC(C)C)(c1cccc(S(=O)(=O)O)c1)N1C(=O)c2ccc(N)cc2C1=O. The van der Waals surface area contributed by atoms with Crippen LogP contribution in [0.3, 0.4) is 0 Å². The summed E-state index contributed by atoms with van der Waals surface area (Å²) in [5, 5.41) is 0. The number of carbonyl (C=O) groups is 2. The normalized spacial score (nSPS) is 16.2. The second-order valence-electron chi connectivity index (χ2n) is 7.74. The first-order valence-corrected chi connectivity index (χ1v) is 10.8. The van der Waals surface area contributed by atoms with E-state index in [4.69, 9.17) is 5.73 Å². The van der Waals surface area contributed by atoms with Gasteiger partial charge in [0.15, 0.2) is 0 Å². The highest BCUT2D eigenvalue weighted by Gasteiger charge is 2.49. The number of amides is 2. The standard InChI is InChI=1S/C21H24N2O5S/c1-4-21(12-13(2)3,14-6-5-7-16(10-14)29(26,27)28)23-19(24)17-9-8-15(22)11-18(17)20(23)25/h5-11,13H,4,12,22H2,1-3H3,(H,26,27,28). The third-order valence-corrected chi connectivity index (χ3v) is 6.19. The molecular formula is C21H24N2O5S. The molecule has 0 aromatic heterocycles. The molecule has 1 aliphatic heterocycles. The smallest absolute Gasteiger partial charge is 0.294 e. The Morgan fingerprint density at radius 3 is 2.31 bits per heavy atom. The number of nitrogens with two attached hydrogens (primary N) is 1. The van der Waals surface area contributed by atoms with Crippen LogP contribution in [0, 0.1) is 5.92 Å². The Labute approximate surface area is 170 Å². The van der Waals surface area contributed by atoms with Gasteiger partial charge in [-0.2, -0.15) is 8.42 Å². The Bertz CT molecular complexity index is 1090. The number of carbonyl (C=O) groups excluding carboxylic acids is 2. The maximum atomic E-state index is 13.3. The third kappa shape index (κ3) is 3.54. The van der Waals surface area contributed by atoms with Gasteiger partial charge in [0.25, 0.3) is 21.9 Å². The van der Waals surface area contributed by atoms with E-state index in [0.29, 0.717) is 24.1 Å². The van der Waals surface area contributed by atoms with E-state index in [-0.39, 0.29) is 21.9 Å². The van der Waals surface area contributed by atoms with Gasteiger partial charge in [-0.15, -0.1) is 0 Å². The number of fused-ring (bicyclic) bond motifs is 1. The fraction of sp³-hybridized carbons (Fsp3) is 0.333. The number of hydrogen-bond donors (Lipinski definition) is 2. The molecule has 7 nitrogen and oxygen atoms in total. The van der Waals surface area contributed by atoms with Gasteiger partial charge in [-0.3, -0.25) is 19.0 Å². The Morgan fingerprint density at radius 1 is 1.07 bits per heavy atom. The highest BCUT2D eigenvalue weighted by Crippen LogP contribution is 2.43. The maximum Gasteiger partial charge on any atom is 0.294 e. The Morgan fingerprint density at radius 2 is 1.72 bits per heavy atom. The van der Waals surface area contributed by atoms with Gasteiger partial charge in [0.05, 0.1) is 21.6 Å². The van der Waals surface area contributed by atoms with Crippen LogP contribution in [-0.4, -0.2) is 29.7 Å². The van der Waals surface area contributed by atoms with E-state index in [0.717, 1.165) is 0 Å². The van der Waals surface area contributed by atoms with Crippen LogP contribution in [0.15, 0.2) is 47.4 Å². The second-order valence-corrected chi connectivity index (χ2v) is 9.16. The predicted octanol–water partition coefficient (Wildman–Crippen LogP) is 3.46. The minimum atomic E-state index is -4.44. The van der Waals surface area contributed by atoms with Gasteiger partial charge >= 0.3 is 0 Å². The molecular weight excluding hydrogens is 392 g/mol. The van der Waals surface area contributed by atoms with Crippen LogP contribution in [0.25, 0.3) is 0 Å². The average Bonchev–Trinajstić information content (AvgIpc) is 2.89. The lowest BCUT2D eigenvalue weighted by Crippen LogP contribution is -2.50. The van der Waals surface area contributed by atoms with E-state index in [1.165, 1.54) is 35.2 Å². The number of anilines is 1. The zero-order chi connectivity index (χ0) is 21.6. The van der Waals surface area contributed by atoms with E-state index in [9.17, 15) is 22.6 Å². The molecule has 1 atom stereocenters. The van der Waals surface area contributed by atoms with Crippen LogP contribution in [-0.2, 0) is 15.7 Å². The van der Waals surface area contributed by atoms with Crippen molar-refractivity contribution in [3.63, 3.8) is 0 Å². The molecule has 29 heavy (non-hydrogen) atoms. The molecule has 1 heterocycles. The Kier molecular flexibility index (Phi) is 5.27. The molecule has 1 unspecified atom stereocenters. The molecule has 154 valence electrons. The molecule has 2 amide bonds. The first-order chi connectivity index (χ1) is 13.5. The topological polar surface area (TPSA) is 118 Å². The number of nitrogen functional groups attached to an aromatic ring is 1. The summed E-state index contributed by atoms with van der Waals surface area (Å²) in [5.74, 6) is -0.805. The summed E-state index contributed by atoms with van der Waals surface area (Å²) in [5.41, 5.74) is 6.11. The molecule has 0 saturated carbocycles. The molecule has 0 bridgehead atoms. The number of nitrogens with zero attached hydrogens (tertiary/aromatic N) is 1. The highest BCUT2D eigenvalue weighted by molar-refractivity contribution is 7.85. The summed E-state index contributed by atoms with van der Waals surface area (Å²) in [6.45, 7) is 5.78. The van der Waals surface area contributed by atoms with Crippen molar-refractivity contribution in [3.8, 4) is 0 Å². The molecule has 0 saturated heterocycles. The number of imide groups is 1. The van der Waals surface area contributed by atoms with Gasteiger partial charge in [0.2, 0.25) is 0 Å². The Hall–Kier alpha value is -2.71. The van der Waals surface area contributed by atoms with Crippen molar-refractivity contribution in [2.24, 2.45) is 5.92 Å². The van der Waals surface area contributed by atoms with Crippen molar-refractivity contribution in [2.45, 2.75) is 44.0 Å². The molecule has 2 aromatic rings. The number of benzene rings is 2. The van der Waals surface area contributed by atoms with Gasteiger partial charge in [0, 0.05) is 5.69 Å². The van der Waals surface area contributed by atoms with Gasteiger partial charge < -0.3 is 5.73 Å². The summed E-state index contributed by atoms with van der Waals surface area (Å²) < 4.78 is 32.9. The van der Waals surface area contributed by atoms with E-state index < -0.39 is 27.5 Å². The van der Waals surface area contributed by atoms with Crippen molar-refractivity contribution in [1.29, 1.82) is 0 Å². The molecule has 0 fully saturated rings. The highest BCUT2D eigenvalue weighted by atomic mass is 32.2. The van der Waals surface area contributed by atoms with E-state index >= 15 is 0 Å². The summed E-state index contributed by atoms with van der Waals surface area (Å²) in [6.07, 6.45) is 0.806. The van der Waals surface area contributed by atoms with Crippen LogP contribution >= 0.6 is 0 Å². The van der Waals surface area contributed by atoms with Crippen LogP contribution in [0.5, 0.6) is 0 Å². The van der Waals surface area contributed by atoms with Crippen molar-refractivity contribution in [3.05, 3.63) is 59.2 Å². The largest absolute Gasteiger partial charge is 0.399 e. The van der Waals surface area contributed by atoms with Crippen LogP contribution in [0.2, 0.25) is 0 Å². The lowest BCUT2D eigenvalue weighted by atomic mass is 9.78. The van der Waals surface area contributed by atoms with Gasteiger partial charge in [-0.05, 0) is 54.7 Å². The van der Waals surface area contributed by atoms with E-state index in [2.05, 4.69) is 0 Å². The predicted molar refractivity (Wildman–Crippen MR) is 109 cm³/mol. The fourth-order valence-electron chi connectivity index (χ4n) is 4.11. The van der Waals surface area contributed by atoms with Crippen LogP contribution < -0.4 is 5.73 Å². The van der Waals surface area contributed by atoms with Gasteiger partial charge in [-0.25, -0.2) is 0 Å². The zero-order valence-corrected chi connectivity index (χ0v) is 17.4. The van der Waals surface area contributed by atoms with E-state index in [1.54, 1.807) is 12.1 Å². The van der Waals surface area contributed by atoms with Crippen molar-refractivity contribution >= 4 is 27.6 Å². The van der Waals surface area contributed by atoms with Gasteiger partial charge in [-0.1, -0.05) is 32.9 Å². The number of rotatable bonds is 6. The quantitative estimate of drug-likeness (QED) is 0.423. The Balaban J connectivity index is 2.24. The van der Waals surface area contributed by atoms with Gasteiger partial charge in [0.1, 0.15) is 0 Å². The summed E-state index contributed by atoms with van der Waals surface area (Å²) in [6, 6.07) is 10.4. The summed E-state index contributed by atoms with van der Waals surface area (Å²) >= 11 is 0. The molecule has 2 aromatic carbocycles. The van der Waals surface area contributed by atoms with Crippen molar-refractivity contribution < 1.29 is 22.6 Å². The fourth-order valence-corrected chi connectivity index (χ4v) is 4.64. The lowest BCUT2D eigenvalue weighted by molar-refractivity contribution is 0.0346.